The normalized spacial score (nSPS) is 15.2. The van der Waals surface area contributed by atoms with Crippen molar-refractivity contribution in [3.8, 4) is 0 Å². The first-order chi connectivity index (χ1) is 4.62. The van der Waals surface area contributed by atoms with Crippen molar-refractivity contribution in [1.29, 1.82) is 0 Å². The first kappa shape index (κ1) is 14.6. The molecule has 0 rings (SSSR count). The molecule has 0 spiro atoms. The number of rotatable bonds is 5. The first-order valence-electron chi connectivity index (χ1n) is 3.04. The van der Waals surface area contributed by atoms with Gasteiger partial charge in [-0.25, -0.2) is 0 Å². The number of hydrogen-bond acceptors (Lipinski definition) is 5. The van der Waals surface area contributed by atoms with Crippen LogP contribution in [0, 0.1) is 0 Å². The molecule has 11 heavy (non-hydrogen) atoms. The van der Waals surface area contributed by atoms with Gasteiger partial charge in [0.05, 0.1) is 0 Å². The zero-order valence-electron chi connectivity index (χ0n) is 6.87. The summed E-state index contributed by atoms with van der Waals surface area (Å²) in [6, 6.07) is 0. The van der Waals surface area contributed by atoms with Gasteiger partial charge in [-0.3, -0.25) is 4.62 Å². The molecule has 0 fully saturated rings. The number of hydrogen-bond donors (Lipinski definition) is 2. The molecule has 0 aromatic carbocycles. The zero-order chi connectivity index (χ0) is 8.04. The van der Waals surface area contributed by atoms with Gasteiger partial charge >= 0.3 is 29.6 Å². The van der Waals surface area contributed by atoms with Crippen molar-refractivity contribution in [2.45, 2.75) is 6.92 Å². The Morgan fingerprint density at radius 3 is 2.64 bits per heavy atom. The van der Waals surface area contributed by atoms with E-state index in [9.17, 15) is 9.46 Å². The number of hydroxylamine groups is 1. The van der Waals surface area contributed by atoms with Crippen LogP contribution in [0.1, 0.15) is 6.92 Å². The van der Waals surface area contributed by atoms with E-state index in [4.69, 9.17) is 5.73 Å². The van der Waals surface area contributed by atoms with Gasteiger partial charge in [-0.1, -0.05) is 6.92 Å². The summed E-state index contributed by atoms with van der Waals surface area (Å²) in [5.74, 6) is 0. The monoisotopic (exact) mass is 190 g/mol. The van der Waals surface area contributed by atoms with Crippen molar-refractivity contribution in [1.82, 2.24) is 5.48 Å². The molecule has 5 nitrogen and oxygen atoms in total. The van der Waals surface area contributed by atoms with Gasteiger partial charge in [0, 0.05) is 19.3 Å². The number of nitrogens with one attached hydrogen (secondary N) is 1. The van der Waals surface area contributed by atoms with E-state index in [1.54, 1.807) is 0 Å². The molecular weight excluding hydrogens is 178 g/mol. The number of nitrogens with two attached hydrogens (primary N) is 1. The van der Waals surface area contributed by atoms with Crippen LogP contribution in [0.2, 0.25) is 0 Å². The topological polar surface area (TPSA) is 87.4 Å². The molecule has 0 aromatic rings. The van der Waals surface area contributed by atoms with Crippen molar-refractivity contribution in [3.63, 3.8) is 0 Å². The quantitative estimate of drug-likeness (QED) is 0.200. The Bertz CT molecular complexity index is 135. The van der Waals surface area contributed by atoms with Gasteiger partial charge in [0.15, 0.2) is 7.60 Å². The molecule has 0 saturated heterocycles. The summed E-state index contributed by atoms with van der Waals surface area (Å²) in [6.45, 7) is 2.20. The van der Waals surface area contributed by atoms with Gasteiger partial charge in [-0.05, 0) is 0 Å². The average molecular weight is 190 g/mol. The second-order valence-electron chi connectivity index (χ2n) is 1.70. The Labute approximate surface area is 88.5 Å². The second kappa shape index (κ2) is 7.71. The van der Waals surface area contributed by atoms with E-state index < -0.39 is 7.60 Å². The maximum absolute atomic E-state index is 10.6. The van der Waals surface area contributed by atoms with E-state index in [-0.39, 0.29) is 35.7 Å². The van der Waals surface area contributed by atoms with Crippen molar-refractivity contribution in [3.05, 3.63) is 0 Å². The molecule has 3 N–H and O–H groups in total. The fraction of sp³-hybridized carbons (Fsp3) is 1.00. The molecule has 0 aliphatic carbocycles. The fourth-order valence-electron chi connectivity index (χ4n) is 0.267. The first-order valence-corrected chi connectivity index (χ1v) is 4.76. The maximum atomic E-state index is 10.6. The molecule has 62 valence electrons. The fourth-order valence-corrected chi connectivity index (χ4v) is 0.685. The maximum Gasteiger partial charge on any atom is 1.00 e. The predicted molar refractivity (Wildman–Crippen MR) is 36.3 cm³/mol. The minimum atomic E-state index is -3.62. The van der Waals surface area contributed by atoms with E-state index in [0.717, 1.165) is 0 Å². The Kier molecular flexibility index (Phi) is 10.2. The summed E-state index contributed by atoms with van der Waals surface area (Å²) in [4.78, 5) is 10.6. The second-order valence-corrected chi connectivity index (χ2v) is 3.74. The van der Waals surface area contributed by atoms with Crippen LogP contribution < -0.4 is 45.7 Å². The van der Waals surface area contributed by atoms with Gasteiger partial charge in [0.2, 0.25) is 0 Å². The van der Waals surface area contributed by atoms with Crippen molar-refractivity contribution < 1.29 is 43.6 Å². The third-order valence-electron chi connectivity index (χ3n) is 0.837. The average Bonchev–Trinajstić information content (AvgIpc) is 1.89. The molecule has 0 aromatic heterocycles. The molecule has 0 radical (unpaired) electrons. The Morgan fingerprint density at radius 1 is 1.73 bits per heavy atom. The third kappa shape index (κ3) is 8.98. The van der Waals surface area contributed by atoms with Crippen LogP contribution in [0.5, 0.6) is 0 Å². The van der Waals surface area contributed by atoms with Gasteiger partial charge in [0.1, 0.15) is 0 Å². The van der Waals surface area contributed by atoms with E-state index >= 15 is 0 Å². The standard InChI is InChI=1S/C4H13N2O3P.Na/c1-2-10(7,8)9-6-4-3-5;/h6H,2-5H2,1H3,(H,7,8);/q;+1/p-1. The minimum absolute atomic E-state index is 0. The van der Waals surface area contributed by atoms with E-state index in [0.29, 0.717) is 13.1 Å². The van der Waals surface area contributed by atoms with Crippen LogP contribution in [-0.4, -0.2) is 19.3 Å². The minimum Gasteiger partial charge on any atom is -0.777 e. The van der Waals surface area contributed by atoms with Gasteiger partial charge in [0.25, 0.3) is 0 Å². The third-order valence-corrected chi connectivity index (χ3v) is 2.02. The van der Waals surface area contributed by atoms with Crippen molar-refractivity contribution in [2.24, 2.45) is 5.73 Å². The Balaban J connectivity index is 0. The largest absolute Gasteiger partial charge is 1.00 e. The Hall–Kier alpha value is 1.07. The molecule has 0 heterocycles. The van der Waals surface area contributed by atoms with Crippen LogP contribution in [0.25, 0.3) is 0 Å². The molecule has 0 saturated carbocycles. The summed E-state index contributed by atoms with van der Waals surface area (Å²) in [7, 11) is -3.62. The van der Waals surface area contributed by atoms with Gasteiger partial charge in [-0.2, -0.15) is 5.48 Å². The van der Waals surface area contributed by atoms with E-state index in [2.05, 4.69) is 10.1 Å². The van der Waals surface area contributed by atoms with Crippen LogP contribution in [0.3, 0.4) is 0 Å². The summed E-state index contributed by atoms with van der Waals surface area (Å²) in [5.41, 5.74) is 7.29. The molecule has 7 heteroatoms. The van der Waals surface area contributed by atoms with Crippen LogP contribution in [0.15, 0.2) is 0 Å². The van der Waals surface area contributed by atoms with Crippen LogP contribution in [0.4, 0.5) is 0 Å². The van der Waals surface area contributed by atoms with E-state index in [1.165, 1.54) is 6.92 Å². The SMILES string of the molecule is CCP(=O)([O-])ONCCN.[Na+]. The van der Waals surface area contributed by atoms with Crippen molar-refractivity contribution in [2.75, 3.05) is 19.3 Å². The molecular formula is C4H12N2NaO3P. The summed E-state index contributed by atoms with van der Waals surface area (Å²) in [6.07, 6.45) is -0.00935. The van der Waals surface area contributed by atoms with Crippen molar-refractivity contribution >= 4 is 7.60 Å². The van der Waals surface area contributed by atoms with Crippen LogP contribution in [-0.2, 0) is 9.19 Å². The molecule has 0 bridgehead atoms. The molecule has 0 aliphatic rings. The van der Waals surface area contributed by atoms with E-state index in [1.807, 2.05) is 0 Å². The molecule has 0 aliphatic heterocycles. The van der Waals surface area contributed by atoms with Crippen LogP contribution >= 0.6 is 7.60 Å². The molecule has 1 atom stereocenters. The zero-order valence-corrected chi connectivity index (χ0v) is 9.77. The van der Waals surface area contributed by atoms with Gasteiger partial charge in [-0.15, -0.1) is 0 Å². The van der Waals surface area contributed by atoms with Gasteiger partial charge < -0.3 is 15.2 Å². The summed E-state index contributed by atoms with van der Waals surface area (Å²) < 4.78 is 14.9. The summed E-state index contributed by atoms with van der Waals surface area (Å²) in [5, 5.41) is 0. The predicted octanol–water partition coefficient (Wildman–Crippen LogP) is -3.96. The summed E-state index contributed by atoms with van der Waals surface area (Å²) >= 11 is 0. The smallest absolute Gasteiger partial charge is 0.777 e. The Morgan fingerprint density at radius 2 is 2.27 bits per heavy atom. The molecule has 0 amide bonds. The molecule has 1 unspecified atom stereocenters.